The molecule has 2 unspecified atom stereocenters. The van der Waals surface area contributed by atoms with Gasteiger partial charge in [0, 0.05) is 32.2 Å². The Morgan fingerprint density at radius 2 is 2.15 bits per heavy atom. The summed E-state index contributed by atoms with van der Waals surface area (Å²) < 4.78 is 8.47. The Hall–Kier alpha value is -3.58. The summed E-state index contributed by atoms with van der Waals surface area (Å²) in [4.78, 5) is 39.8. The van der Waals surface area contributed by atoms with Gasteiger partial charge in [0.05, 0.1) is 15.9 Å². The molecular formula is C20H17N7O4S2. The maximum Gasteiger partial charge on any atom is 0.286 e. The Kier molecular flexibility index (Phi) is 5.42. The smallest absolute Gasteiger partial charge is 0.286 e. The van der Waals surface area contributed by atoms with Crippen LogP contribution in [0, 0.1) is 0 Å². The molecule has 1 aliphatic heterocycles. The van der Waals surface area contributed by atoms with Crippen molar-refractivity contribution in [1.29, 1.82) is 0 Å². The molecule has 1 aliphatic rings. The zero-order valence-corrected chi connectivity index (χ0v) is 19.1. The third-order valence-corrected chi connectivity index (χ3v) is 7.04. The highest BCUT2D eigenvalue weighted by molar-refractivity contribution is 8.15. The number of imide groups is 1. The standard InChI is InChI=1S/C20H17N7O4S2/c1-9(28)22-16(18-26-25-15(31-18)8-14-17(29)24-20(30)33-14)19-23-11-4-3-10(7-13(11)32-19)12-5-6-21-27(12)2/h3-7,14,16H,8H2,1-2H3,(H,22,28)(H,24,29,30). The van der Waals surface area contributed by atoms with Gasteiger partial charge in [0.1, 0.15) is 10.3 Å². The van der Waals surface area contributed by atoms with Gasteiger partial charge in [-0.15, -0.1) is 21.5 Å². The van der Waals surface area contributed by atoms with Crippen LogP contribution in [0.15, 0.2) is 34.9 Å². The van der Waals surface area contributed by atoms with Gasteiger partial charge in [0.15, 0.2) is 6.04 Å². The van der Waals surface area contributed by atoms with Gasteiger partial charge in [-0.2, -0.15) is 5.10 Å². The van der Waals surface area contributed by atoms with E-state index in [0.717, 1.165) is 33.2 Å². The molecule has 0 bridgehead atoms. The SMILES string of the molecule is CC(=O)NC(c1nnc(CC2SC(=O)NC2=O)o1)c1nc2ccc(-c3ccnn3C)cc2s1. The van der Waals surface area contributed by atoms with Crippen LogP contribution < -0.4 is 10.6 Å². The summed E-state index contributed by atoms with van der Waals surface area (Å²) >= 11 is 2.29. The number of amides is 3. The third-order valence-electron chi connectivity index (χ3n) is 4.97. The third kappa shape index (κ3) is 4.24. The first-order chi connectivity index (χ1) is 15.9. The molecule has 4 aromatic rings. The van der Waals surface area contributed by atoms with Gasteiger partial charge in [0.2, 0.25) is 23.6 Å². The van der Waals surface area contributed by atoms with Gasteiger partial charge in [-0.25, -0.2) is 4.98 Å². The molecule has 1 aromatic carbocycles. The first-order valence-electron chi connectivity index (χ1n) is 9.87. The van der Waals surface area contributed by atoms with E-state index in [9.17, 15) is 14.4 Å². The van der Waals surface area contributed by atoms with Crippen molar-refractivity contribution in [2.24, 2.45) is 7.05 Å². The molecule has 2 atom stereocenters. The maximum atomic E-state index is 11.9. The number of thioether (sulfide) groups is 1. The molecule has 13 heteroatoms. The average Bonchev–Trinajstić information content (AvgIpc) is 3.54. The number of thiazole rings is 1. The molecular weight excluding hydrogens is 466 g/mol. The summed E-state index contributed by atoms with van der Waals surface area (Å²) in [6.07, 6.45) is 1.84. The Morgan fingerprint density at radius 3 is 2.85 bits per heavy atom. The van der Waals surface area contributed by atoms with Crippen molar-refractivity contribution >= 4 is 50.4 Å². The lowest BCUT2D eigenvalue weighted by atomic mass is 10.1. The first-order valence-corrected chi connectivity index (χ1v) is 11.6. The van der Waals surface area contributed by atoms with Gasteiger partial charge in [-0.05, 0) is 18.2 Å². The van der Waals surface area contributed by atoms with E-state index in [1.807, 2.05) is 31.3 Å². The minimum Gasteiger partial charge on any atom is -0.422 e. The molecule has 168 valence electrons. The fourth-order valence-electron chi connectivity index (χ4n) is 3.47. The summed E-state index contributed by atoms with van der Waals surface area (Å²) in [5.41, 5.74) is 2.74. The van der Waals surface area contributed by atoms with Crippen molar-refractivity contribution < 1.29 is 18.8 Å². The Labute approximate surface area is 195 Å². The number of aromatic nitrogens is 5. The lowest BCUT2D eigenvalue weighted by Crippen LogP contribution is -2.27. The van der Waals surface area contributed by atoms with Crippen LogP contribution in [-0.4, -0.2) is 47.3 Å². The molecule has 3 aromatic heterocycles. The van der Waals surface area contributed by atoms with E-state index < -0.39 is 22.4 Å². The lowest BCUT2D eigenvalue weighted by molar-refractivity contribution is -0.120. The van der Waals surface area contributed by atoms with Crippen LogP contribution in [0.4, 0.5) is 4.79 Å². The predicted molar refractivity (Wildman–Crippen MR) is 120 cm³/mol. The van der Waals surface area contributed by atoms with Crippen molar-refractivity contribution in [3.8, 4) is 11.3 Å². The number of aryl methyl sites for hydroxylation is 1. The molecule has 0 saturated carbocycles. The van der Waals surface area contributed by atoms with Crippen molar-refractivity contribution in [2.45, 2.75) is 24.6 Å². The average molecular weight is 484 g/mol. The van der Waals surface area contributed by atoms with Crippen LogP contribution in [0.1, 0.15) is 29.8 Å². The summed E-state index contributed by atoms with van der Waals surface area (Å²) in [6, 6.07) is 7.08. The second-order valence-corrected chi connectivity index (χ2v) is 9.57. The van der Waals surface area contributed by atoms with Crippen LogP contribution in [0.3, 0.4) is 0 Å². The van der Waals surface area contributed by atoms with Crippen LogP contribution in [0.2, 0.25) is 0 Å². The molecule has 2 N–H and O–H groups in total. The van der Waals surface area contributed by atoms with Crippen molar-refractivity contribution in [2.75, 3.05) is 0 Å². The number of nitrogens with one attached hydrogen (secondary N) is 2. The summed E-state index contributed by atoms with van der Waals surface area (Å²) in [6.45, 7) is 1.39. The summed E-state index contributed by atoms with van der Waals surface area (Å²) in [5, 5.41) is 16.9. The Balaban J connectivity index is 1.45. The van der Waals surface area contributed by atoms with E-state index in [1.54, 1.807) is 10.9 Å². The number of hydrogen-bond donors (Lipinski definition) is 2. The second kappa shape index (κ2) is 8.41. The highest BCUT2D eigenvalue weighted by Crippen LogP contribution is 2.33. The van der Waals surface area contributed by atoms with Gasteiger partial charge in [-0.1, -0.05) is 17.8 Å². The van der Waals surface area contributed by atoms with E-state index in [1.165, 1.54) is 18.3 Å². The second-order valence-electron chi connectivity index (χ2n) is 7.33. The number of benzene rings is 1. The van der Waals surface area contributed by atoms with Crippen LogP contribution >= 0.6 is 23.1 Å². The molecule has 0 aliphatic carbocycles. The number of fused-ring (bicyclic) bond motifs is 1. The largest absolute Gasteiger partial charge is 0.422 e. The lowest BCUT2D eigenvalue weighted by Gasteiger charge is -2.10. The minimum absolute atomic E-state index is 0.107. The number of carbonyl (C=O) groups excluding carboxylic acids is 3. The number of carbonyl (C=O) groups is 3. The Morgan fingerprint density at radius 1 is 1.30 bits per heavy atom. The van der Waals surface area contributed by atoms with Gasteiger partial charge in [0.25, 0.3) is 5.24 Å². The van der Waals surface area contributed by atoms with E-state index in [4.69, 9.17) is 4.42 Å². The zero-order valence-electron chi connectivity index (χ0n) is 17.4. The van der Waals surface area contributed by atoms with E-state index in [-0.39, 0.29) is 24.1 Å². The number of hydrogen-bond acceptors (Lipinski definition) is 10. The van der Waals surface area contributed by atoms with E-state index >= 15 is 0 Å². The quantitative estimate of drug-likeness (QED) is 0.421. The summed E-state index contributed by atoms with van der Waals surface area (Å²) in [7, 11) is 1.88. The molecule has 1 saturated heterocycles. The Bertz CT molecular complexity index is 1390. The first kappa shape index (κ1) is 21.3. The highest BCUT2D eigenvalue weighted by atomic mass is 32.2. The molecule has 4 heterocycles. The molecule has 0 spiro atoms. The van der Waals surface area contributed by atoms with Gasteiger partial charge < -0.3 is 9.73 Å². The molecule has 1 fully saturated rings. The molecule has 0 radical (unpaired) electrons. The fourth-order valence-corrected chi connectivity index (χ4v) is 5.33. The minimum atomic E-state index is -0.743. The van der Waals surface area contributed by atoms with Crippen LogP contribution in [0.5, 0.6) is 0 Å². The topological polar surface area (TPSA) is 145 Å². The predicted octanol–water partition coefficient (Wildman–Crippen LogP) is 2.20. The van der Waals surface area contributed by atoms with E-state index in [2.05, 4.69) is 30.9 Å². The zero-order chi connectivity index (χ0) is 23.1. The molecule has 33 heavy (non-hydrogen) atoms. The van der Waals surface area contributed by atoms with Gasteiger partial charge >= 0.3 is 0 Å². The molecule has 3 amide bonds. The summed E-state index contributed by atoms with van der Waals surface area (Å²) in [5.74, 6) is -0.326. The van der Waals surface area contributed by atoms with Gasteiger partial charge in [-0.3, -0.25) is 24.4 Å². The van der Waals surface area contributed by atoms with Crippen molar-refractivity contribution in [3.05, 3.63) is 47.3 Å². The van der Waals surface area contributed by atoms with Crippen LogP contribution in [-0.2, 0) is 23.1 Å². The number of nitrogens with zero attached hydrogens (tertiary/aromatic N) is 5. The normalized spacial score (nSPS) is 16.8. The van der Waals surface area contributed by atoms with E-state index in [0.29, 0.717) is 5.01 Å². The maximum absolute atomic E-state index is 11.9. The van der Waals surface area contributed by atoms with Crippen molar-refractivity contribution in [3.63, 3.8) is 0 Å². The highest BCUT2D eigenvalue weighted by Gasteiger charge is 2.34. The fraction of sp³-hybridized carbons (Fsp3) is 0.250. The van der Waals surface area contributed by atoms with Crippen LogP contribution in [0.25, 0.3) is 21.5 Å². The molecule has 11 nitrogen and oxygen atoms in total. The molecule has 5 rings (SSSR count). The van der Waals surface area contributed by atoms with Crippen molar-refractivity contribution in [1.82, 2.24) is 35.6 Å². The monoisotopic (exact) mass is 483 g/mol. The number of rotatable bonds is 6.